The average molecular weight is 384 g/mol. The lowest BCUT2D eigenvalue weighted by Gasteiger charge is -2.37. The minimum Gasteiger partial charge on any atom is -0.479 e. The summed E-state index contributed by atoms with van der Waals surface area (Å²) in [7, 11) is 0. The Morgan fingerprint density at radius 3 is 0.923 bits per heavy atom. The van der Waals surface area contributed by atoms with Gasteiger partial charge in [0, 0.05) is 25.7 Å². The van der Waals surface area contributed by atoms with E-state index in [1.165, 1.54) is 0 Å². The van der Waals surface area contributed by atoms with E-state index < -0.39 is 85.4 Å². The van der Waals surface area contributed by atoms with Gasteiger partial charge >= 0.3 is 11.9 Å². The molecule has 2 rings (SSSR count). The third kappa shape index (κ3) is 4.86. The quantitative estimate of drug-likeness (QED) is 0.216. The molecule has 2 saturated carbocycles. The topological polar surface area (TPSA) is 236 Å². The summed E-state index contributed by atoms with van der Waals surface area (Å²) >= 11 is 0. The number of hydrogen-bond donors (Lipinski definition) is 10. The Labute approximate surface area is 147 Å². The van der Waals surface area contributed by atoms with Crippen LogP contribution < -0.4 is 0 Å². The molecule has 0 aromatic rings. The van der Waals surface area contributed by atoms with Crippen LogP contribution in [-0.4, -0.2) is 111 Å². The van der Waals surface area contributed by atoms with E-state index in [1.54, 1.807) is 0 Å². The van der Waals surface area contributed by atoms with Crippen molar-refractivity contribution in [3.8, 4) is 0 Å². The van der Waals surface area contributed by atoms with E-state index >= 15 is 0 Å². The fraction of sp³-hybridized carbons (Fsp3) is 0.857. The van der Waals surface area contributed by atoms with Gasteiger partial charge in [0.05, 0.1) is 24.4 Å². The third-order valence-electron chi connectivity index (χ3n) is 4.56. The molecule has 0 aliphatic heterocycles. The molecular formula is C14H24O12. The van der Waals surface area contributed by atoms with Gasteiger partial charge in [-0.15, -0.1) is 0 Å². The maximum Gasteiger partial charge on any atom is 0.335 e. The van der Waals surface area contributed by atoms with Crippen LogP contribution in [0.15, 0.2) is 0 Å². The molecule has 0 aromatic heterocycles. The second-order valence-corrected chi connectivity index (χ2v) is 6.74. The lowest BCUT2D eigenvalue weighted by atomic mass is 9.80. The summed E-state index contributed by atoms with van der Waals surface area (Å²) in [5.41, 5.74) is -4.28. The first-order valence-electron chi connectivity index (χ1n) is 7.73. The van der Waals surface area contributed by atoms with Crippen LogP contribution in [0.25, 0.3) is 0 Å². The fourth-order valence-corrected chi connectivity index (χ4v) is 2.90. The minimum atomic E-state index is -2.14. The summed E-state index contributed by atoms with van der Waals surface area (Å²) in [4.78, 5) is 21.0. The lowest BCUT2D eigenvalue weighted by Crippen LogP contribution is -2.56. The second kappa shape index (κ2) is 8.10. The first-order valence-corrected chi connectivity index (χ1v) is 7.73. The lowest BCUT2D eigenvalue weighted by molar-refractivity contribution is -0.187. The van der Waals surface area contributed by atoms with E-state index in [0.717, 1.165) is 0 Å². The number of carboxylic acid groups (broad SMARTS) is 2. The molecule has 0 amide bonds. The van der Waals surface area contributed by atoms with Crippen molar-refractivity contribution in [3.63, 3.8) is 0 Å². The van der Waals surface area contributed by atoms with Gasteiger partial charge < -0.3 is 51.1 Å². The summed E-state index contributed by atoms with van der Waals surface area (Å²) < 4.78 is 0. The number of aliphatic hydroxyl groups is 8. The zero-order valence-corrected chi connectivity index (χ0v) is 13.6. The van der Waals surface area contributed by atoms with Crippen molar-refractivity contribution < 1.29 is 60.7 Å². The van der Waals surface area contributed by atoms with Gasteiger partial charge in [0.15, 0.2) is 11.2 Å². The molecule has 12 heteroatoms. The molecule has 6 unspecified atom stereocenters. The molecule has 0 bridgehead atoms. The smallest absolute Gasteiger partial charge is 0.335 e. The highest BCUT2D eigenvalue weighted by atomic mass is 16.4. The molecule has 2 aliphatic rings. The van der Waals surface area contributed by atoms with Crippen molar-refractivity contribution in [1.29, 1.82) is 0 Å². The Hall–Kier alpha value is -1.38. The predicted octanol–water partition coefficient (Wildman–Crippen LogP) is -4.64. The Kier molecular flexibility index (Phi) is 7.06. The van der Waals surface area contributed by atoms with Crippen LogP contribution in [0.4, 0.5) is 0 Å². The van der Waals surface area contributed by atoms with Crippen molar-refractivity contribution in [3.05, 3.63) is 0 Å². The van der Waals surface area contributed by atoms with Crippen molar-refractivity contribution >= 4 is 11.9 Å². The molecule has 10 N–H and O–H groups in total. The van der Waals surface area contributed by atoms with Gasteiger partial charge in [-0.3, -0.25) is 0 Å². The van der Waals surface area contributed by atoms with E-state index in [0.29, 0.717) is 0 Å². The average Bonchev–Trinajstić information content (AvgIpc) is 2.50. The largest absolute Gasteiger partial charge is 0.479 e. The Balaban J connectivity index is 0.000000260. The van der Waals surface area contributed by atoms with Crippen molar-refractivity contribution in [2.75, 3.05) is 0 Å². The maximum atomic E-state index is 10.5. The van der Waals surface area contributed by atoms with Gasteiger partial charge in [0.25, 0.3) is 0 Å². The van der Waals surface area contributed by atoms with Crippen molar-refractivity contribution in [2.24, 2.45) is 0 Å². The number of carboxylic acids is 2. The molecule has 0 aromatic carbocycles. The molecule has 152 valence electrons. The minimum absolute atomic E-state index is 0.472. The Bertz CT molecular complexity index is 452. The number of carbonyl (C=O) groups is 2. The Morgan fingerprint density at radius 2 is 0.769 bits per heavy atom. The highest BCUT2D eigenvalue weighted by Crippen LogP contribution is 2.30. The second-order valence-electron chi connectivity index (χ2n) is 6.74. The Morgan fingerprint density at radius 1 is 0.577 bits per heavy atom. The summed E-state index contributed by atoms with van der Waals surface area (Å²) in [6.07, 6.45) is -10.3. The van der Waals surface area contributed by atoms with E-state index in [1.807, 2.05) is 0 Å². The SMILES string of the molecule is O=C(O)C1(O)CC(O)C(O)[C@H](O)C1.O=C(O)C1(O)CC(O)C(O)[C@H](O)C1. The maximum absolute atomic E-state index is 10.5. The summed E-state index contributed by atoms with van der Waals surface area (Å²) in [5, 5.41) is 90.4. The van der Waals surface area contributed by atoms with Gasteiger partial charge in [-0.1, -0.05) is 0 Å². The zero-order chi connectivity index (χ0) is 20.4. The molecule has 8 atom stereocenters. The van der Waals surface area contributed by atoms with E-state index in [-0.39, 0.29) is 0 Å². The third-order valence-corrected chi connectivity index (χ3v) is 4.56. The van der Waals surface area contributed by atoms with Crippen LogP contribution in [0.3, 0.4) is 0 Å². The molecule has 0 radical (unpaired) electrons. The van der Waals surface area contributed by atoms with Crippen molar-refractivity contribution in [1.82, 2.24) is 0 Å². The van der Waals surface area contributed by atoms with E-state index in [4.69, 9.17) is 40.9 Å². The normalized spacial score (nSPS) is 46.0. The molecule has 26 heavy (non-hydrogen) atoms. The molecule has 12 nitrogen and oxygen atoms in total. The van der Waals surface area contributed by atoms with Gasteiger partial charge in [-0.25, -0.2) is 9.59 Å². The van der Waals surface area contributed by atoms with E-state index in [2.05, 4.69) is 0 Å². The van der Waals surface area contributed by atoms with Gasteiger partial charge in [0.2, 0.25) is 0 Å². The molecule has 2 aliphatic carbocycles. The number of rotatable bonds is 2. The summed E-state index contributed by atoms with van der Waals surface area (Å²) in [6, 6.07) is 0. The number of hydrogen-bond acceptors (Lipinski definition) is 10. The standard InChI is InChI=1S/2C7H12O6/c2*8-3-1-7(13,6(11)12)2-4(9)5(3)10/h2*3-5,8-10,13H,1-2H2,(H,11,12)/t2*3-,4?,5?,7?/m11/s1. The van der Waals surface area contributed by atoms with Gasteiger partial charge in [0.1, 0.15) is 12.2 Å². The van der Waals surface area contributed by atoms with Crippen LogP contribution in [0.5, 0.6) is 0 Å². The highest BCUT2D eigenvalue weighted by Gasteiger charge is 2.49. The first kappa shape index (κ1) is 22.7. The van der Waals surface area contributed by atoms with Gasteiger partial charge in [-0.2, -0.15) is 0 Å². The zero-order valence-electron chi connectivity index (χ0n) is 13.6. The monoisotopic (exact) mass is 384 g/mol. The van der Waals surface area contributed by atoms with Crippen molar-refractivity contribution in [2.45, 2.75) is 73.5 Å². The fourth-order valence-electron chi connectivity index (χ4n) is 2.90. The van der Waals surface area contributed by atoms with Crippen LogP contribution in [0.2, 0.25) is 0 Å². The summed E-state index contributed by atoms with van der Waals surface area (Å²) in [5.74, 6) is -3.00. The van der Waals surface area contributed by atoms with E-state index in [9.17, 15) is 19.8 Å². The summed E-state index contributed by atoms with van der Waals surface area (Å²) in [6.45, 7) is 0. The van der Waals surface area contributed by atoms with Crippen LogP contribution in [0, 0.1) is 0 Å². The van der Waals surface area contributed by atoms with Gasteiger partial charge in [-0.05, 0) is 0 Å². The van der Waals surface area contributed by atoms with Crippen LogP contribution in [0.1, 0.15) is 25.7 Å². The predicted molar refractivity (Wildman–Crippen MR) is 79.7 cm³/mol. The molecule has 2 fully saturated rings. The highest BCUT2D eigenvalue weighted by molar-refractivity contribution is 5.77. The molecular weight excluding hydrogens is 360 g/mol. The van der Waals surface area contributed by atoms with Crippen LogP contribution in [-0.2, 0) is 9.59 Å². The molecule has 0 heterocycles. The molecule has 0 saturated heterocycles. The number of aliphatic hydroxyl groups excluding tert-OH is 6. The first-order chi connectivity index (χ1) is 11.7. The number of aliphatic carboxylic acids is 2. The molecule has 0 spiro atoms. The van der Waals surface area contributed by atoms with Crippen LogP contribution >= 0.6 is 0 Å².